The molecule has 0 bridgehead atoms. The van der Waals surface area contributed by atoms with Crippen LogP contribution < -0.4 is 5.73 Å². The Bertz CT molecular complexity index is 696. The second-order valence-electron chi connectivity index (χ2n) is 4.06. The van der Waals surface area contributed by atoms with Crippen molar-refractivity contribution in [2.75, 3.05) is 5.73 Å². The molecule has 0 amide bonds. The molecule has 2 N–H and O–H groups in total. The van der Waals surface area contributed by atoms with Crippen molar-refractivity contribution in [1.29, 1.82) is 0 Å². The molecule has 3 aromatic rings. The van der Waals surface area contributed by atoms with Crippen molar-refractivity contribution in [3.8, 4) is 6.01 Å². The molecular formula is C12H12N4O. The Kier molecular flexibility index (Phi) is 1.95. The third-order valence-electron chi connectivity index (χ3n) is 2.59. The van der Waals surface area contributed by atoms with E-state index in [-0.39, 0.29) is 0 Å². The van der Waals surface area contributed by atoms with E-state index in [1.165, 1.54) is 0 Å². The summed E-state index contributed by atoms with van der Waals surface area (Å²) in [6, 6.07) is 7.83. The Hall–Kier alpha value is -2.30. The van der Waals surface area contributed by atoms with Gasteiger partial charge in [-0.3, -0.25) is 0 Å². The minimum Gasteiger partial charge on any atom is -0.422 e. The number of aryl methyl sites for hydroxylation is 2. The molecule has 86 valence electrons. The van der Waals surface area contributed by atoms with Gasteiger partial charge in [0.2, 0.25) is 0 Å². The average Bonchev–Trinajstić information content (AvgIpc) is 2.80. The van der Waals surface area contributed by atoms with Crippen molar-refractivity contribution in [3.05, 3.63) is 35.7 Å². The van der Waals surface area contributed by atoms with Gasteiger partial charge in [0, 0.05) is 11.4 Å². The van der Waals surface area contributed by atoms with Crippen LogP contribution in [0.2, 0.25) is 0 Å². The Morgan fingerprint density at radius 3 is 2.76 bits per heavy atom. The van der Waals surface area contributed by atoms with Gasteiger partial charge in [0.15, 0.2) is 5.58 Å². The fourth-order valence-electron chi connectivity index (χ4n) is 1.85. The van der Waals surface area contributed by atoms with Gasteiger partial charge in [0.05, 0.1) is 5.69 Å². The van der Waals surface area contributed by atoms with E-state index in [2.05, 4.69) is 10.1 Å². The maximum atomic E-state index is 5.70. The summed E-state index contributed by atoms with van der Waals surface area (Å²) in [5.41, 5.74) is 9.75. The van der Waals surface area contributed by atoms with Crippen LogP contribution in [0.15, 0.2) is 28.7 Å². The van der Waals surface area contributed by atoms with Gasteiger partial charge in [-0.1, -0.05) is 0 Å². The van der Waals surface area contributed by atoms with Crippen LogP contribution in [0.1, 0.15) is 11.4 Å². The molecule has 0 fully saturated rings. The van der Waals surface area contributed by atoms with Gasteiger partial charge < -0.3 is 10.2 Å². The molecule has 0 aliphatic carbocycles. The fourth-order valence-corrected chi connectivity index (χ4v) is 1.85. The third kappa shape index (κ3) is 1.56. The summed E-state index contributed by atoms with van der Waals surface area (Å²) in [6.07, 6.45) is 0. The van der Waals surface area contributed by atoms with Crippen molar-refractivity contribution in [3.63, 3.8) is 0 Å². The smallest absolute Gasteiger partial charge is 0.324 e. The first kappa shape index (κ1) is 9.89. The highest BCUT2D eigenvalue weighted by Gasteiger charge is 2.11. The molecular weight excluding hydrogens is 216 g/mol. The Balaban J connectivity index is 2.21. The molecule has 2 heterocycles. The number of benzene rings is 1. The lowest BCUT2D eigenvalue weighted by Gasteiger charge is -1.95. The van der Waals surface area contributed by atoms with Crippen LogP contribution in [0.3, 0.4) is 0 Å². The van der Waals surface area contributed by atoms with Gasteiger partial charge >= 0.3 is 6.01 Å². The second kappa shape index (κ2) is 3.35. The number of nitrogens with two attached hydrogens (primary N) is 1. The zero-order chi connectivity index (χ0) is 12.0. The maximum absolute atomic E-state index is 5.70. The second-order valence-corrected chi connectivity index (χ2v) is 4.06. The van der Waals surface area contributed by atoms with Crippen LogP contribution in [-0.2, 0) is 0 Å². The van der Waals surface area contributed by atoms with Gasteiger partial charge in [-0.15, -0.1) is 0 Å². The Morgan fingerprint density at radius 2 is 2.06 bits per heavy atom. The molecule has 0 aliphatic rings. The van der Waals surface area contributed by atoms with Gasteiger partial charge in [-0.2, -0.15) is 14.8 Å². The third-order valence-corrected chi connectivity index (χ3v) is 2.59. The summed E-state index contributed by atoms with van der Waals surface area (Å²) in [5, 5.41) is 4.33. The summed E-state index contributed by atoms with van der Waals surface area (Å²) in [4.78, 5) is 4.37. The standard InChI is InChI=1S/C12H12N4O/c1-7-5-8(2)16(15-7)12-14-10-6-9(13)3-4-11(10)17-12/h3-6H,13H2,1-2H3. The first-order chi connectivity index (χ1) is 8.13. The number of aromatic nitrogens is 3. The van der Waals surface area contributed by atoms with E-state index in [1.54, 1.807) is 16.8 Å². The highest BCUT2D eigenvalue weighted by atomic mass is 16.4. The molecule has 1 aromatic carbocycles. The number of anilines is 1. The number of rotatable bonds is 1. The summed E-state index contributed by atoms with van der Waals surface area (Å²) in [6.45, 7) is 3.90. The van der Waals surface area contributed by atoms with Crippen molar-refractivity contribution in [1.82, 2.24) is 14.8 Å². The van der Waals surface area contributed by atoms with Crippen molar-refractivity contribution in [2.24, 2.45) is 0 Å². The number of oxazole rings is 1. The Morgan fingerprint density at radius 1 is 1.24 bits per heavy atom. The zero-order valence-electron chi connectivity index (χ0n) is 9.64. The highest BCUT2D eigenvalue weighted by Crippen LogP contribution is 2.21. The number of hydrogen-bond donors (Lipinski definition) is 1. The molecule has 0 spiro atoms. The predicted molar refractivity (Wildman–Crippen MR) is 65.0 cm³/mol. The Labute approximate surface area is 97.9 Å². The largest absolute Gasteiger partial charge is 0.422 e. The molecule has 2 aromatic heterocycles. The summed E-state index contributed by atoms with van der Waals surface area (Å²) >= 11 is 0. The topological polar surface area (TPSA) is 69.9 Å². The molecule has 0 aliphatic heterocycles. The number of nitrogens with zero attached hydrogens (tertiary/aromatic N) is 3. The molecule has 3 rings (SSSR count). The lowest BCUT2D eigenvalue weighted by Crippen LogP contribution is -1.98. The van der Waals surface area contributed by atoms with E-state index in [0.717, 1.165) is 16.9 Å². The molecule has 5 heteroatoms. The number of nitrogen functional groups attached to an aromatic ring is 1. The SMILES string of the molecule is Cc1cc(C)n(-c2nc3cc(N)ccc3o2)n1. The van der Waals surface area contributed by atoms with Crippen molar-refractivity contribution in [2.45, 2.75) is 13.8 Å². The lowest BCUT2D eigenvalue weighted by atomic mass is 10.3. The number of hydrogen-bond acceptors (Lipinski definition) is 4. The summed E-state index contributed by atoms with van der Waals surface area (Å²) < 4.78 is 7.32. The molecule has 0 atom stereocenters. The molecule has 0 radical (unpaired) electrons. The molecule has 0 unspecified atom stereocenters. The first-order valence-electron chi connectivity index (χ1n) is 5.33. The molecule has 17 heavy (non-hydrogen) atoms. The van der Waals surface area contributed by atoms with E-state index in [9.17, 15) is 0 Å². The normalized spacial score (nSPS) is 11.2. The minimum absolute atomic E-state index is 0.469. The van der Waals surface area contributed by atoms with Crippen LogP contribution in [0.4, 0.5) is 5.69 Å². The van der Waals surface area contributed by atoms with Gasteiger partial charge in [-0.05, 0) is 38.1 Å². The summed E-state index contributed by atoms with van der Waals surface area (Å²) in [5.74, 6) is 0. The monoisotopic (exact) mass is 228 g/mol. The molecule has 0 saturated carbocycles. The van der Waals surface area contributed by atoms with Crippen molar-refractivity contribution < 1.29 is 4.42 Å². The number of fused-ring (bicyclic) bond motifs is 1. The fraction of sp³-hybridized carbons (Fsp3) is 0.167. The minimum atomic E-state index is 0.469. The quantitative estimate of drug-likeness (QED) is 0.648. The maximum Gasteiger partial charge on any atom is 0.324 e. The van der Waals surface area contributed by atoms with E-state index in [1.807, 2.05) is 26.0 Å². The van der Waals surface area contributed by atoms with Crippen LogP contribution in [-0.4, -0.2) is 14.8 Å². The van der Waals surface area contributed by atoms with Crippen LogP contribution in [0, 0.1) is 13.8 Å². The summed E-state index contributed by atoms with van der Waals surface area (Å²) in [7, 11) is 0. The van der Waals surface area contributed by atoms with E-state index < -0.39 is 0 Å². The van der Waals surface area contributed by atoms with Gasteiger partial charge in [0.1, 0.15) is 5.52 Å². The van der Waals surface area contributed by atoms with E-state index in [0.29, 0.717) is 17.3 Å². The van der Waals surface area contributed by atoms with Crippen LogP contribution >= 0.6 is 0 Å². The van der Waals surface area contributed by atoms with E-state index in [4.69, 9.17) is 10.2 Å². The lowest BCUT2D eigenvalue weighted by molar-refractivity contribution is 0.537. The molecule has 5 nitrogen and oxygen atoms in total. The zero-order valence-corrected chi connectivity index (χ0v) is 9.64. The van der Waals surface area contributed by atoms with Crippen LogP contribution in [0.25, 0.3) is 17.1 Å². The predicted octanol–water partition coefficient (Wildman–Crippen LogP) is 2.21. The first-order valence-corrected chi connectivity index (χ1v) is 5.33. The van der Waals surface area contributed by atoms with Crippen molar-refractivity contribution >= 4 is 16.8 Å². The average molecular weight is 228 g/mol. The van der Waals surface area contributed by atoms with Crippen LogP contribution in [0.5, 0.6) is 0 Å². The molecule has 0 saturated heterocycles. The highest BCUT2D eigenvalue weighted by molar-refractivity contribution is 5.77. The van der Waals surface area contributed by atoms with Gasteiger partial charge in [-0.25, -0.2) is 0 Å². The van der Waals surface area contributed by atoms with E-state index >= 15 is 0 Å². The van der Waals surface area contributed by atoms with Gasteiger partial charge in [0.25, 0.3) is 0 Å².